The summed E-state index contributed by atoms with van der Waals surface area (Å²) in [5.74, 6) is -0.329. The lowest BCUT2D eigenvalue weighted by Gasteiger charge is -2.24. The Morgan fingerprint density at radius 2 is 1.80 bits per heavy atom. The van der Waals surface area contributed by atoms with Gasteiger partial charge in [-0.05, 0) is 49.4 Å². The highest BCUT2D eigenvalue weighted by molar-refractivity contribution is 5.83. The number of aromatic hydroxyl groups is 1. The number of aryl methyl sites for hydroxylation is 1. The number of nitrogens with one attached hydrogen (secondary N) is 1. The number of carboxylic acids is 1. The van der Waals surface area contributed by atoms with Crippen molar-refractivity contribution in [3.05, 3.63) is 76.9 Å². The van der Waals surface area contributed by atoms with Crippen LogP contribution in [0.5, 0.6) is 5.75 Å². The summed E-state index contributed by atoms with van der Waals surface area (Å²) in [6.45, 7) is 2.40. The molecule has 0 unspecified atom stereocenters. The number of amides is 2. The molecule has 4 rings (SSSR count). The van der Waals surface area contributed by atoms with E-state index in [1.54, 1.807) is 24.3 Å². The van der Waals surface area contributed by atoms with Gasteiger partial charge in [0, 0.05) is 13.0 Å². The number of carboxylic acid groups (broad SMARTS) is 1. The van der Waals surface area contributed by atoms with Gasteiger partial charge in [0.1, 0.15) is 17.8 Å². The van der Waals surface area contributed by atoms with Gasteiger partial charge in [0.25, 0.3) is 0 Å². The smallest absolute Gasteiger partial charge is 0.326 e. The standard InChI is InChI=1S/C25H29N5O5/c1-15-4-6-17(7-5-15)14-20(24(32)33)27-25(34)30-12-2-3-21(30)23-28-22(29-35-23)19(26)13-16-8-10-18(31)11-9-16/h4-11,19-21,31H,2-3,12-14,26H2,1H3,(H,27,34)(H,32,33)/t19-,20-,21-/m0/s1. The first-order valence-electron chi connectivity index (χ1n) is 11.5. The number of likely N-dealkylation sites (tertiary alicyclic amines) is 1. The molecular weight excluding hydrogens is 450 g/mol. The number of urea groups is 1. The molecule has 0 spiro atoms. The van der Waals surface area contributed by atoms with E-state index in [4.69, 9.17) is 10.3 Å². The lowest BCUT2D eigenvalue weighted by molar-refractivity contribution is -0.139. The van der Waals surface area contributed by atoms with Gasteiger partial charge in [0.15, 0.2) is 5.82 Å². The van der Waals surface area contributed by atoms with E-state index < -0.39 is 30.1 Å². The highest BCUT2D eigenvalue weighted by Gasteiger charge is 2.36. The quantitative estimate of drug-likeness (QED) is 0.384. The van der Waals surface area contributed by atoms with Crippen LogP contribution >= 0.6 is 0 Å². The van der Waals surface area contributed by atoms with E-state index in [0.717, 1.165) is 23.1 Å². The fraction of sp³-hybridized carbons (Fsp3) is 0.360. The number of hydrogen-bond donors (Lipinski definition) is 4. The number of aromatic nitrogens is 2. The minimum absolute atomic E-state index is 0.174. The Bertz CT molecular complexity index is 1160. The number of nitrogens with two attached hydrogens (primary N) is 1. The largest absolute Gasteiger partial charge is 0.508 e. The summed E-state index contributed by atoms with van der Waals surface area (Å²) in [6, 6.07) is 11.7. The number of nitrogens with zero attached hydrogens (tertiary/aromatic N) is 3. The number of phenolic OH excluding ortho intramolecular Hbond substituents is 1. The van der Waals surface area contributed by atoms with Crippen molar-refractivity contribution in [3.63, 3.8) is 0 Å². The second-order valence-electron chi connectivity index (χ2n) is 8.85. The number of carbonyl (C=O) groups excluding carboxylic acids is 1. The van der Waals surface area contributed by atoms with Gasteiger partial charge in [-0.25, -0.2) is 9.59 Å². The van der Waals surface area contributed by atoms with Crippen molar-refractivity contribution in [2.75, 3.05) is 6.54 Å². The number of aliphatic carboxylic acids is 1. The van der Waals surface area contributed by atoms with E-state index in [2.05, 4.69) is 15.5 Å². The van der Waals surface area contributed by atoms with Crippen molar-refractivity contribution in [3.8, 4) is 5.75 Å². The fourth-order valence-electron chi connectivity index (χ4n) is 4.17. The normalized spacial score (nSPS) is 17.2. The molecule has 2 heterocycles. The lowest BCUT2D eigenvalue weighted by Crippen LogP contribution is -2.48. The summed E-state index contributed by atoms with van der Waals surface area (Å²) < 4.78 is 5.45. The van der Waals surface area contributed by atoms with Crippen LogP contribution in [-0.4, -0.2) is 49.8 Å². The summed E-state index contributed by atoms with van der Waals surface area (Å²) in [7, 11) is 0. The predicted molar refractivity (Wildman–Crippen MR) is 127 cm³/mol. The van der Waals surface area contributed by atoms with Crippen LogP contribution in [0.2, 0.25) is 0 Å². The third kappa shape index (κ3) is 5.96. The van der Waals surface area contributed by atoms with E-state index >= 15 is 0 Å². The first-order chi connectivity index (χ1) is 16.8. The van der Waals surface area contributed by atoms with Crippen LogP contribution in [0, 0.1) is 6.92 Å². The first kappa shape index (κ1) is 24.2. The molecule has 2 aromatic carbocycles. The van der Waals surface area contributed by atoms with Crippen LogP contribution in [0.4, 0.5) is 4.79 Å². The summed E-state index contributed by atoms with van der Waals surface area (Å²) >= 11 is 0. The Morgan fingerprint density at radius 3 is 2.49 bits per heavy atom. The summed E-state index contributed by atoms with van der Waals surface area (Å²) in [5.41, 5.74) is 9.06. The maximum atomic E-state index is 13.0. The minimum Gasteiger partial charge on any atom is -0.508 e. The van der Waals surface area contributed by atoms with E-state index in [-0.39, 0.29) is 18.1 Å². The van der Waals surface area contributed by atoms with Crippen LogP contribution in [0.1, 0.15) is 53.3 Å². The van der Waals surface area contributed by atoms with Gasteiger partial charge in [-0.3, -0.25) is 0 Å². The molecule has 3 aromatic rings. The zero-order chi connectivity index (χ0) is 24.9. The molecule has 1 fully saturated rings. The molecule has 1 aromatic heterocycles. The second-order valence-corrected chi connectivity index (χ2v) is 8.85. The van der Waals surface area contributed by atoms with Crippen molar-refractivity contribution < 1.29 is 24.3 Å². The number of rotatable bonds is 8. The van der Waals surface area contributed by atoms with Gasteiger partial charge >= 0.3 is 12.0 Å². The van der Waals surface area contributed by atoms with E-state index in [1.165, 1.54) is 4.90 Å². The number of phenols is 1. The third-order valence-electron chi connectivity index (χ3n) is 6.14. The van der Waals surface area contributed by atoms with Crippen molar-refractivity contribution in [1.29, 1.82) is 0 Å². The molecule has 35 heavy (non-hydrogen) atoms. The summed E-state index contributed by atoms with van der Waals surface area (Å²) in [5, 5.41) is 25.7. The average molecular weight is 480 g/mol. The predicted octanol–water partition coefficient (Wildman–Crippen LogP) is 2.87. The van der Waals surface area contributed by atoms with Crippen LogP contribution in [0.3, 0.4) is 0 Å². The Balaban J connectivity index is 1.41. The molecule has 0 aliphatic carbocycles. The molecule has 1 aliphatic heterocycles. The molecule has 1 aliphatic rings. The van der Waals surface area contributed by atoms with Gasteiger partial charge in [-0.15, -0.1) is 0 Å². The minimum atomic E-state index is -1.10. The highest BCUT2D eigenvalue weighted by Crippen LogP contribution is 2.31. The topological polar surface area (TPSA) is 155 Å². The van der Waals surface area contributed by atoms with Gasteiger partial charge in [0.2, 0.25) is 5.89 Å². The first-order valence-corrected chi connectivity index (χ1v) is 11.5. The highest BCUT2D eigenvalue weighted by atomic mass is 16.5. The maximum absolute atomic E-state index is 13.0. The molecule has 3 atom stereocenters. The molecule has 0 bridgehead atoms. The zero-order valence-corrected chi connectivity index (χ0v) is 19.4. The van der Waals surface area contributed by atoms with Gasteiger partial charge < -0.3 is 30.7 Å². The zero-order valence-electron chi connectivity index (χ0n) is 19.4. The van der Waals surface area contributed by atoms with Gasteiger partial charge in [-0.1, -0.05) is 47.1 Å². The van der Waals surface area contributed by atoms with E-state index in [9.17, 15) is 19.8 Å². The summed E-state index contributed by atoms with van der Waals surface area (Å²) in [6.07, 6.45) is 1.98. The molecule has 5 N–H and O–H groups in total. The van der Waals surface area contributed by atoms with Crippen molar-refractivity contribution in [2.45, 2.75) is 50.7 Å². The SMILES string of the molecule is Cc1ccc(C[C@H](NC(=O)N2CCC[C@H]2c2nc([C@@H](N)Cc3ccc(O)cc3)no2)C(=O)O)cc1. The Hall–Kier alpha value is -3.92. The van der Waals surface area contributed by atoms with Crippen molar-refractivity contribution in [1.82, 2.24) is 20.4 Å². The Kier molecular flexibility index (Phi) is 7.31. The van der Waals surface area contributed by atoms with E-state index in [1.807, 2.05) is 31.2 Å². The fourth-order valence-corrected chi connectivity index (χ4v) is 4.17. The molecule has 2 amide bonds. The molecule has 0 radical (unpaired) electrons. The molecule has 1 saturated heterocycles. The molecular formula is C25H29N5O5. The number of benzene rings is 2. The van der Waals surface area contributed by atoms with Gasteiger partial charge in [0.05, 0.1) is 6.04 Å². The average Bonchev–Trinajstić information content (AvgIpc) is 3.51. The molecule has 184 valence electrons. The van der Waals surface area contributed by atoms with Crippen molar-refractivity contribution >= 4 is 12.0 Å². The Morgan fingerprint density at radius 1 is 1.14 bits per heavy atom. The van der Waals surface area contributed by atoms with Crippen LogP contribution in [0.25, 0.3) is 0 Å². The van der Waals surface area contributed by atoms with Crippen LogP contribution < -0.4 is 11.1 Å². The number of hydrogen-bond acceptors (Lipinski definition) is 7. The molecule has 10 heteroatoms. The molecule has 0 saturated carbocycles. The van der Waals surface area contributed by atoms with Crippen LogP contribution in [0.15, 0.2) is 53.1 Å². The Labute approximate surface area is 202 Å². The summed E-state index contributed by atoms with van der Waals surface area (Å²) in [4.78, 5) is 30.8. The molecule has 10 nitrogen and oxygen atoms in total. The number of carbonyl (C=O) groups is 2. The monoisotopic (exact) mass is 479 g/mol. The van der Waals surface area contributed by atoms with Crippen molar-refractivity contribution in [2.24, 2.45) is 5.73 Å². The lowest BCUT2D eigenvalue weighted by atomic mass is 10.0. The van der Waals surface area contributed by atoms with E-state index in [0.29, 0.717) is 25.2 Å². The second kappa shape index (κ2) is 10.6. The van der Waals surface area contributed by atoms with Gasteiger partial charge in [-0.2, -0.15) is 4.98 Å². The van der Waals surface area contributed by atoms with Crippen LogP contribution in [-0.2, 0) is 17.6 Å². The maximum Gasteiger partial charge on any atom is 0.326 e. The third-order valence-corrected chi connectivity index (χ3v) is 6.14.